The van der Waals surface area contributed by atoms with E-state index in [0.29, 0.717) is 47.0 Å². The van der Waals surface area contributed by atoms with E-state index in [-0.39, 0.29) is 16.4 Å². The summed E-state index contributed by atoms with van der Waals surface area (Å²) in [5, 5.41) is 9.47. The highest BCUT2D eigenvalue weighted by Crippen LogP contribution is 2.42. The van der Waals surface area contributed by atoms with Crippen LogP contribution in [0.3, 0.4) is 0 Å². The molecule has 0 aliphatic heterocycles. The second-order valence-corrected chi connectivity index (χ2v) is 6.85. The van der Waals surface area contributed by atoms with Crippen molar-refractivity contribution >= 4 is 28.6 Å². The molecule has 7 nitrogen and oxygen atoms in total. The van der Waals surface area contributed by atoms with Gasteiger partial charge < -0.3 is 23.7 Å². The van der Waals surface area contributed by atoms with E-state index in [9.17, 15) is 14.7 Å². The number of hydrogen-bond donors (Lipinski definition) is 1. The number of methoxy groups -OCH3 is 3. The monoisotopic (exact) mass is 408 g/mol. The van der Waals surface area contributed by atoms with Gasteiger partial charge in [0, 0.05) is 11.1 Å². The Hall–Kier alpha value is -3.74. The number of carboxylic acids is 1. The van der Waals surface area contributed by atoms with Crippen LogP contribution < -0.4 is 19.6 Å². The standard InChI is InChI=1S/C23H20O7/c1-27-18-9-5-13(21(28-2)22(18)29-3)10-12-4-7-15-19(24)16-11-14(23(25)26)6-8-17(16)30-20(12)15/h5-6,8-11H,4,7H2,1-3H3,(H,25,26)/b12-10-. The van der Waals surface area contributed by atoms with Gasteiger partial charge in [0.05, 0.1) is 32.3 Å². The summed E-state index contributed by atoms with van der Waals surface area (Å²) in [6.07, 6.45) is 3.05. The first-order chi connectivity index (χ1) is 14.5. The van der Waals surface area contributed by atoms with Crippen molar-refractivity contribution in [1.82, 2.24) is 0 Å². The number of hydrogen-bond acceptors (Lipinski definition) is 6. The van der Waals surface area contributed by atoms with Crippen molar-refractivity contribution in [3.8, 4) is 17.2 Å². The topological polar surface area (TPSA) is 95.2 Å². The molecule has 154 valence electrons. The van der Waals surface area contributed by atoms with Crippen molar-refractivity contribution in [2.24, 2.45) is 0 Å². The van der Waals surface area contributed by atoms with Gasteiger partial charge in [0.25, 0.3) is 0 Å². The molecule has 1 aliphatic rings. The summed E-state index contributed by atoms with van der Waals surface area (Å²) >= 11 is 0. The molecule has 1 aliphatic carbocycles. The summed E-state index contributed by atoms with van der Waals surface area (Å²) in [5.41, 5.74) is 2.39. The van der Waals surface area contributed by atoms with Crippen LogP contribution in [-0.4, -0.2) is 32.4 Å². The van der Waals surface area contributed by atoms with Gasteiger partial charge in [0.2, 0.25) is 5.75 Å². The third kappa shape index (κ3) is 3.08. The Morgan fingerprint density at radius 2 is 1.80 bits per heavy atom. The average molecular weight is 408 g/mol. The number of benzene rings is 2. The van der Waals surface area contributed by atoms with E-state index in [2.05, 4.69) is 0 Å². The Balaban J connectivity index is 1.87. The van der Waals surface area contributed by atoms with Gasteiger partial charge in [-0.15, -0.1) is 0 Å². The van der Waals surface area contributed by atoms with Crippen molar-refractivity contribution in [3.63, 3.8) is 0 Å². The first kappa shape index (κ1) is 19.6. The Morgan fingerprint density at radius 1 is 1.03 bits per heavy atom. The van der Waals surface area contributed by atoms with E-state index in [0.717, 1.165) is 11.1 Å². The predicted octanol–water partition coefficient (Wildman–Crippen LogP) is 4.00. The molecule has 0 saturated carbocycles. The van der Waals surface area contributed by atoms with Gasteiger partial charge >= 0.3 is 5.97 Å². The number of ether oxygens (including phenoxy) is 3. The zero-order chi connectivity index (χ0) is 21.4. The maximum absolute atomic E-state index is 13.0. The fourth-order valence-electron chi connectivity index (χ4n) is 3.79. The second kappa shape index (κ2) is 7.59. The summed E-state index contributed by atoms with van der Waals surface area (Å²) in [6.45, 7) is 0. The quantitative estimate of drug-likeness (QED) is 0.682. The summed E-state index contributed by atoms with van der Waals surface area (Å²) in [6, 6.07) is 7.95. The maximum Gasteiger partial charge on any atom is 0.335 e. The Bertz CT molecular complexity index is 1250. The van der Waals surface area contributed by atoms with Crippen molar-refractivity contribution in [3.05, 3.63) is 63.0 Å². The highest BCUT2D eigenvalue weighted by atomic mass is 16.5. The first-order valence-corrected chi connectivity index (χ1v) is 9.31. The van der Waals surface area contributed by atoms with Gasteiger partial charge in [-0.2, -0.15) is 0 Å². The first-order valence-electron chi connectivity index (χ1n) is 9.31. The molecule has 1 aromatic heterocycles. The van der Waals surface area contributed by atoms with Crippen molar-refractivity contribution < 1.29 is 28.5 Å². The van der Waals surface area contributed by atoms with E-state index in [4.69, 9.17) is 18.6 Å². The normalized spacial score (nSPS) is 14.0. The Kier molecular flexibility index (Phi) is 4.95. The molecule has 7 heteroatoms. The molecule has 0 bridgehead atoms. The zero-order valence-electron chi connectivity index (χ0n) is 16.8. The number of carboxylic acid groups (broad SMARTS) is 1. The lowest BCUT2D eigenvalue weighted by Gasteiger charge is -2.14. The second-order valence-electron chi connectivity index (χ2n) is 6.85. The summed E-state index contributed by atoms with van der Waals surface area (Å²) in [4.78, 5) is 24.2. The molecule has 0 amide bonds. The molecular weight excluding hydrogens is 388 g/mol. The number of fused-ring (bicyclic) bond motifs is 2. The van der Waals surface area contributed by atoms with Gasteiger partial charge in [0.15, 0.2) is 16.9 Å². The summed E-state index contributed by atoms with van der Waals surface area (Å²) < 4.78 is 22.3. The molecule has 0 atom stereocenters. The summed E-state index contributed by atoms with van der Waals surface area (Å²) in [5.74, 6) is 0.987. The lowest BCUT2D eigenvalue weighted by molar-refractivity contribution is 0.0697. The zero-order valence-corrected chi connectivity index (χ0v) is 16.8. The van der Waals surface area contributed by atoms with Crippen molar-refractivity contribution in [1.29, 1.82) is 0 Å². The molecule has 4 rings (SSSR count). The molecule has 0 unspecified atom stereocenters. The fraction of sp³-hybridized carbons (Fsp3) is 0.217. The highest BCUT2D eigenvalue weighted by molar-refractivity contribution is 5.94. The van der Waals surface area contributed by atoms with Gasteiger partial charge in [-0.1, -0.05) is 0 Å². The van der Waals surface area contributed by atoms with Crippen LogP contribution in [0.15, 0.2) is 39.5 Å². The van der Waals surface area contributed by atoms with Crippen LogP contribution >= 0.6 is 0 Å². The molecule has 30 heavy (non-hydrogen) atoms. The minimum absolute atomic E-state index is 0.0542. The van der Waals surface area contributed by atoms with E-state index in [1.165, 1.54) is 18.2 Å². The van der Waals surface area contributed by atoms with Crippen molar-refractivity contribution in [2.45, 2.75) is 12.8 Å². The largest absolute Gasteiger partial charge is 0.493 e. The van der Waals surface area contributed by atoms with E-state index in [1.807, 2.05) is 12.1 Å². The van der Waals surface area contributed by atoms with Crippen LogP contribution in [0.4, 0.5) is 0 Å². The number of carbonyl (C=O) groups is 1. The van der Waals surface area contributed by atoms with E-state index in [1.54, 1.807) is 27.4 Å². The van der Waals surface area contributed by atoms with E-state index < -0.39 is 5.97 Å². The molecule has 2 aromatic carbocycles. The lowest BCUT2D eigenvalue weighted by Crippen LogP contribution is -2.09. The van der Waals surface area contributed by atoms with Gasteiger partial charge in [-0.05, 0) is 54.8 Å². The molecule has 1 heterocycles. The molecule has 1 N–H and O–H groups in total. The maximum atomic E-state index is 13.0. The third-order valence-electron chi connectivity index (χ3n) is 5.23. The minimum atomic E-state index is -1.09. The highest BCUT2D eigenvalue weighted by Gasteiger charge is 2.25. The molecule has 0 fully saturated rings. The Labute approximate surface area is 172 Å². The van der Waals surface area contributed by atoms with E-state index >= 15 is 0 Å². The number of allylic oxidation sites excluding steroid dienone is 1. The third-order valence-corrected chi connectivity index (χ3v) is 5.23. The van der Waals surface area contributed by atoms with Crippen LogP contribution in [0, 0.1) is 0 Å². The van der Waals surface area contributed by atoms with Crippen LogP contribution in [0.2, 0.25) is 0 Å². The average Bonchev–Trinajstić information content (AvgIpc) is 3.15. The number of aromatic carboxylic acids is 1. The smallest absolute Gasteiger partial charge is 0.335 e. The van der Waals surface area contributed by atoms with Gasteiger partial charge in [0.1, 0.15) is 11.3 Å². The van der Waals surface area contributed by atoms with Crippen LogP contribution in [-0.2, 0) is 6.42 Å². The number of rotatable bonds is 5. The van der Waals surface area contributed by atoms with Crippen LogP contribution in [0.5, 0.6) is 17.2 Å². The fourth-order valence-corrected chi connectivity index (χ4v) is 3.79. The van der Waals surface area contributed by atoms with Gasteiger partial charge in [-0.3, -0.25) is 4.79 Å². The molecular formula is C23H20O7. The van der Waals surface area contributed by atoms with Crippen molar-refractivity contribution in [2.75, 3.05) is 21.3 Å². The predicted molar refractivity (Wildman–Crippen MR) is 112 cm³/mol. The Morgan fingerprint density at radius 3 is 2.47 bits per heavy atom. The minimum Gasteiger partial charge on any atom is -0.493 e. The summed E-state index contributed by atoms with van der Waals surface area (Å²) in [7, 11) is 4.65. The van der Waals surface area contributed by atoms with Crippen LogP contribution in [0.25, 0.3) is 22.6 Å². The molecule has 3 aromatic rings. The lowest BCUT2D eigenvalue weighted by atomic mass is 10.1. The van der Waals surface area contributed by atoms with Crippen LogP contribution in [0.1, 0.15) is 33.7 Å². The van der Waals surface area contributed by atoms with Gasteiger partial charge in [-0.25, -0.2) is 4.79 Å². The molecule has 0 saturated heterocycles. The molecule has 0 spiro atoms. The SMILES string of the molecule is COc1ccc(/C=C2/CCc3c2oc2ccc(C(=O)O)cc2c3=O)c(OC)c1OC. The molecule has 0 radical (unpaired) electrons.